The van der Waals surface area contributed by atoms with Gasteiger partial charge in [0.2, 0.25) is 17.4 Å². The number of imide groups is 1. The van der Waals surface area contributed by atoms with Crippen LogP contribution in [0.4, 0.5) is 4.39 Å². The summed E-state index contributed by atoms with van der Waals surface area (Å²) in [5.41, 5.74) is -0.420. The van der Waals surface area contributed by atoms with Gasteiger partial charge in [-0.2, -0.15) is 0 Å². The SMILES string of the molecule is CCOC(=O)[C@@]1(CC)[NH2+][C@@H](c2ccc(F)cc2)[C@H]2C(=O)N(CC)C(=O)[C@@H]21. The second-order valence-corrected chi connectivity index (χ2v) is 6.78. The first-order valence-electron chi connectivity index (χ1n) is 9.05. The molecule has 7 heteroatoms. The Morgan fingerprint density at radius 3 is 2.38 bits per heavy atom. The van der Waals surface area contributed by atoms with Crippen LogP contribution in [-0.4, -0.2) is 41.4 Å². The van der Waals surface area contributed by atoms with Crippen LogP contribution in [0.3, 0.4) is 0 Å². The molecule has 2 N–H and O–H groups in total. The Balaban J connectivity index is 2.11. The average Bonchev–Trinajstić information content (AvgIpc) is 3.11. The summed E-state index contributed by atoms with van der Waals surface area (Å²) in [5, 5.41) is 1.79. The molecule has 26 heavy (non-hydrogen) atoms. The minimum absolute atomic E-state index is 0.201. The summed E-state index contributed by atoms with van der Waals surface area (Å²) in [6.45, 7) is 5.75. The third-order valence-electron chi connectivity index (χ3n) is 5.67. The van der Waals surface area contributed by atoms with Gasteiger partial charge in [0.05, 0.1) is 6.61 Å². The number of likely N-dealkylation sites (tertiary alicyclic amines) is 1. The average molecular weight is 363 g/mol. The number of carbonyl (C=O) groups excluding carboxylic acids is 3. The number of hydrogen-bond donors (Lipinski definition) is 1. The van der Waals surface area contributed by atoms with Gasteiger partial charge < -0.3 is 10.1 Å². The summed E-state index contributed by atoms with van der Waals surface area (Å²) in [6, 6.07) is 5.44. The molecular weight excluding hydrogens is 339 g/mol. The maximum absolute atomic E-state index is 13.3. The molecule has 0 saturated carbocycles. The van der Waals surface area contributed by atoms with Crippen LogP contribution in [0.1, 0.15) is 38.8 Å². The molecule has 4 atom stereocenters. The summed E-state index contributed by atoms with van der Waals surface area (Å²) < 4.78 is 18.6. The van der Waals surface area contributed by atoms with Crippen molar-refractivity contribution in [2.24, 2.45) is 11.8 Å². The topological polar surface area (TPSA) is 80.3 Å². The predicted molar refractivity (Wildman–Crippen MR) is 90.1 cm³/mol. The maximum Gasteiger partial charge on any atom is 0.368 e. The van der Waals surface area contributed by atoms with Gasteiger partial charge in [0.1, 0.15) is 23.7 Å². The van der Waals surface area contributed by atoms with Crippen molar-refractivity contribution in [2.75, 3.05) is 13.2 Å². The zero-order chi connectivity index (χ0) is 19.1. The minimum atomic E-state index is -1.14. The number of nitrogens with zero attached hydrogens (tertiary/aromatic N) is 1. The van der Waals surface area contributed by atoms with Crippen LogP contribution in [-0.2, 0) is 19.1 Å². The molecule has 3 rings (SSSR count). The van der Waals surface area contributed by atoms with Crippen LogP contribution in [0.25, 0.3) is 0 Å². The molecule has 1 aromatic carbocycles. The number of halogens is 1. The number of esters is 1. The van der Waals surface area contributed by atoms with E-state index < -0.39 is 29.4 Å². The number of rotatable bonds is 5. The zero-order valence-electron chi connectivity index (χ0n) is 15.2. The van der Waals surface area contributed by atoms with Crippen molar-refractivity contribution >= 4 is 17.8 Å². The standard InChI is InChI=1S/C19H23FN2O4/c1-4-19(18(25)26-6-3)14-13(16(23)22(5-2)17(14)24)15(21-19)11-7-9-12(20)10-8-11/h7-10,13-15,21H,4-6H2,1-3H3/p+1/t13-,14+,15-,19-/m0/s1. The lowest BCUT2D eigenvalue weighted by Crippen LogP contribution is -2.98. The van der Waals surface area contributed by atoms with Crippen molar-refractivity contribution in [2.45, 2.75) is 38.8 Å². The van der Waals surface area contributed by atoms with E-state index in [9.17, 15) is 18.8 Å². The first-order valence-corrected chi connectivity index (χ1v) is 9.05. The Morgan fingerprint density at radius 1 is 1.19 bits per heavy atom. The second-order valence-electron chi connectivity index (χ2n) is 6.78. The zero-order valence-corrected chi connectivity index (χ0v) is 15.2. The molecule has 0 unspecified atom stereocenters. The summed E-state index contributed by atoms with van der Waals surface area (Å²) in [5.74, 6) is -2.86. The molecule has 6 nitrogen and oxygen atoms in total. The molecule has 0 bridgehead atoms. The van der Waals surface area contributed by atoms with Crippen LogP contribution < -0.4 is 5.32 Å². The largest absolute Gasteiger partial charge is 0.461 e. The van der Waals surface area contributed by atoms with Crippen molar-refractivity contribution in [1.29, 1.82) is 0 Å². The highest BCUT2D eigenvalue weighted by atomic mass is 19.1. The summed E-state index contributed by atoms with van der Waals surface area (Å²) in [4.78, 5) is 39.9. The van der Waals surface area contributed by atoms with Gasteiger partial charge in [0.25, 0.3) is 0 Å². The Kier molecular flexibility index (Phi) is 4.84. The Morgan fingerprint density at radius 2 is 1.85 bits per heavy atom. The van der Waals surface area contributed by atoms with Crippen molar-refractivity contribution < 1.29 is 28.8 Å². The van der Waals surface area contributed by atoms with Crippen molar-refractivity contribution in [3.05, 3.63) is 35.6 Å². The molecular formula is C19H24FN2O4+. The first-order chi connectivity index (χ1) is 12.4. The third-order valence-corrected chi connectivity index (χ3v) is 5.67. The van der Waals surface area contributed by atoms with Gasteiger partial charge in [-0.15, -0.1) is 0 Å². The van der Waals surface area contributed by atoms with Gasteiger partial charge in [0, 0.05) is 18.5 Å². The highest BCUT2D eigenvalue weighted by Gasteiger charge is 2.71. The maximum atomic E-state index is 13.3. The number of hydrogen-bond acceptors (Lipinski definition) is 4. The number of carbonyl (C=O) groups is 3. The highest BCUT2D eigenvalue weighted by Crippen LogP contribution is 2.45. The normalized spacial score (nSPS) is 30.6. The van der Waals surface area contributed by atoms with Crippen molar-refractivity contribution in [1.82, 2.24) is 4.90 Å². The summed E-state index contributed by atoms with van der Waals surface area (Å²) >= 11 is 0. The van der Waals surface area contributed by atoms with Gasteiger partial charge in [-0.05, 0) is 26.0 Å². The second kappa shape index (κ2) is 6.79. The van der Waals surface area contributed by atoms with E-state index in [2.05, 4.69) is 0 Å². The van der Waals surface area contributed by atoms with E-state index in [-0.39, 0.29) is 30.8 Å². The molecule has 2 aliphatic rings. The lowest BCUT2D eigenvalue weighted by molar-refractivity contribution is -0.734. The lowest BCUT2D eigenvalue weighted by Gasteiger charge is -2.28. The van der Waals surface area contributed by atoms with E-state index in [4.69, 9.17) is 4.74 Å². The number of fused-ring (bicyclic) bond motifs is 1. The Bertz CT molecular complexity index is 736. The molecule has 2 aliphatic heterocycles. The summed E-state index contributed by atoms with van der Waals surface area (Å²) in [7, 11) is 0. The molecule has 0 radical (unpaired) electrons. The van der Waals surface area contributed by atoms with Gasteiger partial charge in [0.15, 0.2) is 0 Å². The quantitative estimate of drug-likeness (QED) is 0.619. The lowest BCUT2D eigenvalue weighted by atomic mass is 9.78. The van der Waals surface area contributed by atoms with Crippen LogP contribution >= 0.6 is 0 Å². The Labute approximate surface area is 151 Å². The van der Waals surface area contributed by atoms with Gasteiger partial charge in [-0.3, -0.25) is 14.5 Å². The Hall–Kier alpha value is -2.28. The van der Waals surface area contributed by atoms with Crippen LogP contribution in [0.2, 0.25) is 0 Å². The fraction of sp³-hybridized carbons (Fsp3) is 0.526. The molecule has 0 aromatic heterocycles. The van der Waals surface area contributed by atoms with E-state index in [0.29, 0.717) is 6.42 Å². The van der Waals surface area contributed by atoms with E-state index in [1.54, 1.807) is 31.3 Å². The van der Waals surface area contributed by atoms with Crippen LogP contribution in [0.5, 0.6) is 0 Å². The fourth-order valence-electron chi connectivity index (χ4n) is 4.42. The number of benzene rings is 1. The van der Waals surface area contributed by atoms with E-state index in [1.165, 1.54) is 17.0 Å². The van der Waals surface area contributed by atoms with Crippen LogP contribution in [0, 0.1) is 17.7 Å². The van der Waals surface area contributed by atoms with Gasteiger partial charge >= 0.3 is 5.97 Å². The molecule has 2 heterocycles. The van der Waals surface area contributed by atoms with E-state index >= 15 is 0 Å². The monoisotopic (exact) mass is 363 g/mol. The minimum Gasteiger partial charge on any atom is -0.461 e. The van der Waals surface area contributed by atoms with Gasteiger partial charge in [-0.25, -0.2) is 9.18 Å². The van der Waals surface area contributed by atoms with Crippen LogP contribution in [0.15, 0.2) is 24.3 Å². The number of amides is 2. The van der Waals surface area contributed by atoms with E-state index in [0.717, 1.165) is 5.56 Å². The fourth-order valence-corrected chi connectivity index (χ4v) is 4.42. The number of quaternary nitrogens is 1. The smallest absolute Gasteiger partial charge is 0.368 e. The molecule has 2 saturated heterocycles. The predicted octanol–water partition coefficient (Wildman–Crippen LogP) is 0.777. The van der Waals surface area contributed by atoms with Gasteiger partial charge in [-0.1, -0.05) is 19.1 Å². The summed E-state index contributed by atoms with van der Waals surface area (Å²) in [6.07, 6.45) is 0.362. The van der Waals surface area contributed by atoms with E-state index in [1.807, 2.05) is 6.92 Å². The van der Waals surface area contributed by atoms with Crippen molar-refractivity contribution in [3.8, 4) is 0 Å². The van der Waals surface area contributed by atoms with Crippen molar-refractivity contribution in [3.63, 3.8) is 0 Å². The molecule has 0 spiro atoms. The molecule has 2 fully saturated rings. The molecule has 0 aliphatic carbocycles. The number of nitrogens with two attached hydrogens (primary N) is 1. The number of ether oxygens (including phenoxy) is 1. The molecule has 2 amide bonds. The molecule has 1 aromatic rings. The highest BCUT2D eigenvalue weighted by molar-refractivity contribution is 6.08. The first kappa shape index (κ1) is 18.5. The molecule has 140 valence electrons. The third kappa shape index (κ3) is 2.53.